The van der Waals surface area contributed by atoms with Gasteiger partial charge >= 0.3 is 0 Å². The predicted octanol–water partition coefficient (Wildman–Crippen LogP) is 7.07. The van der Waals surface area contributed by atoms with Crippen LogP contribution in [0.1, 0.15) is 49.9 Å². The van der Waals surface area contributed by atoms with Crippen LogP contribution < -0.4 is 4.74 Å². The average molecular weight is 419 g/mol. The molecule has 0 amide bonds. The SMILES string of the molecule is COc1c2c(c(Br)c3c1-c1ccccc1C3(C)C)C(C)(C)c1ccccc1-2. The normalized spacial score (nSPS) is 17.1. The molecule has 5 rings (SSSR count). The molecule has 0 aliphatic heterocycles. The quantitative estimate of drug-likeness (QED) is 0.410. The van der Waals surface area contributed by atoms with Crippen molar-refractivity contribution in [1.29, 1.82) is 0 Å². The predicted molar refractivity (Wildman–Crippen MR) is 116 cm³/mol. The minimum Gasteiger partial charge on any atom is -0.495 e. The molecular weight excluding hydrogens is 396 g/mol. The van der Waals surface area contributed by atoms with Gasteiger partial charge in [-0.2, -0.15) is 0 Å². The van der Waals surface area contributed by atoms with E-state index < -0.39 is 0 Å². The number of methoxy groups -OCH3 is 1. The molecule has 2 heteroatoms. The Kier molecular flexibility index (Phi) is 3.32. The van der Waals surface area contributed by atoms with Crippen LogP contribution >= 0.6 is 15.9 Å². The van der Waals surface area contributed by atoms with Crippen molar-refractivity contribution in [3.8, 4) is 28.0 Å². The third-order valence-electron chi connectivity index (χ3n) is 6.59. The van der Waals surface area contributed by atoms with Gasteiger partial charge in [-0.05, 0) is 33.4 Å². The molecule has 0 radical (unpaired) electrons. The van der Waals surface area contributed by atoms with Crippen molar-refractivity contribution < 1.29 is 4.74 Å². The number of halogens is 1. The molecule has 0 N–H and O–H groups in total. The third-order valence-corrected chi connectivity index (χ3v) is 7.38. The van der Waals surface area contributed by atoms with Crippen molar-refractivity contribution in [2.75, 3.05) is 7.11 Å². The molecule has 3 aromatic carbocycles. The summed E-state index contributed by atoms with van der Waals surface area (Å²) in [4.78, 5) is 0. The van der Waals surface area contributed by atoms with Crippen LogP contribution in [-0.4, -0.2) is 7.11 Å². The van der Waals surface area contributed by atoms with Crippen LogP contribution in [0.25, 0.3) is 22.3 Å². The number of ether oxygens (including phenoxy) is 1. The largest absolute Gasteiger partial charge is 0.495 e. The molecular formula is C25H23BrO. The third kappa shape index (κ3) is 1.90. The smallest absolute Gasteiger partial charge is 0.135 e. The van der Waals surface area contributed by atoms with Crippen molar-refractivity contribution >= 4 is 15.9 Å². The molecule has 0 saturated carbocycles. The second-order valence-corrected chi connectivity index (χ2v) is 9.48. The Balaban J connectivity index is 2.01. The van der Waals surface area contributed by atoms with Crippen LogP contribution in [0.3, 0.4) is 0 Å². The zero-order chi connectivity index (χ0) is 19.1. The Morgan fingerprint density at radius 2 is 1.11 bits per heavy atom. The molecule has 0 unspecified atom stereocenters. The van der Waals surface area contributed by atoms with E-state index >= 15 is 0 Å². The van der Waals surface area contributed by atoms with Gasteiger partial charge in [-0.25, -0.2) is 0 Å². The summed E-state index contributed by atoms with van der Waals surface area (Å²) < 4.78 is 7.37. The first-order valence-corrected chi connectivity index (χ1v) is 10.2. The molecule has 0 spiro atoms. The standard InChI is InChI=1S/C25H23BrO/c1-24(2)16-12-8-6-10-14(16)18-20(24)22(26)21-19(23(18)27-5)15-11-7-9-13-17(15)25(21,3)4/h6-13H,1-5H3. The summed E-state index contributed by atoms with van der Waals surface area (Å²) in [6.07, 6.45) is 0. The van der Waals surface area contributed by atoms with E-state index in [2.05, 4.69) is 92.2 Å². The molecule has 2 aliphatic rings. The Morgan fingerprint density at radius 1 is 0.704 bits per heavy atom. The monoisotopic (exact) mass is 418 g/mol. The van der Waals surface area contributed by atoms with Crippen LogP contribution in [0.2, 0.25) is 0 Å². The number of hydrogen-bond acceptors (Lipinski definition) is 1. The van der Waals surface area contributed by atoms with E-state index in [1.807, 2.05) is 7.11 Å². The molecule has 0 bridgehead atoms. The first-order valence-electron chi connectivity index (χ1n) is 9.46. The summed E-state index contributed by atoms with van der Waals surface area (Å²) >= 11 is 4.06. The lowest BCUT2D eigenvalue weighted by molar-refractivity contribution is 0.416. The van der Waals surface area contributed by atoms with Gasteiger partial charge in [0.2, 0.25) is 0 Å². The Labute approximate surface area is 169 Å². The molecule has 0 fully saturated rings. The molecule has 27 heavy (non-hydrogen) atoms. The fourth-order valence-corrected chi connectivity index (χ4v) is 6.74. The van der Waals surface area contributed by atoms with Gasteiger partial charge in [-0.3, -0.25) is 0 Å². The second-order valence-electron chi connectivity index (χ2n) is 8.69. The van der Waals surface area contributed by atoms with E-state index in [0.29, 0.717) is 0 Å². The van der Waals surface area contributed by atoms with Crippen LogP contribution in [0.5, 0.6) is 5.75 Å². The summed E-state index contributed by atoms with van der Waals surface area (Å²) in [6, 6.07) is 17.5. The Bertz CT molecular complexity index is 1040. The van der Waals surface area contributed by atoms with Gasteiger partial charge in [-0.15, -0.1) is 0 Å². The number of fused-ring (bicyclic) bond motifs is 6. The van der Waals surface area contributed by atoms with E-state index in [4.69, 9.17) is 4.74 Å². The van der Waals surface area contributed by atoms with Crippen molar-refractivity contribution in [2.45, 2.75) is 38.5 Å². The number of hydrogen-bond donors (Lipinski definition) is 0. The number of benzene rings is 3. The fourth-order valence-electron chi connectivity index (χ4n) is 5.35. The highest BCUT2D eigenvalue weighted by atomic mass is 79.9. The van der Waals surface area contributed by atoms with Gasteiger partial charge in [-0.1, -0.05) is 92.2 Å². The molecule has 2 aliphatic carbocycles. The second kappa shape index (κ2) is 5.26. The van der Waals surface area contributed by atoms with Crippen molar-refractivity contribution in [1.82, 2.24) is 0 Å². The zero-order valence-corrected chi connectivity index (χ0v) is 18.0. The maximum absolute atomic E-state index is 6.13. The lowest BCUT2D eigenvalue weighted by atomic mass is 9.77. The van der Waals surface area contributed by atoms with E-state index in [1.54, 1.807) is 0 Å². The van der Waals surface area contributed by atoms with Crippen LogP contribution in [-0.2, 0) is 10.8 Å². The highest BCUT2D eigenvalue weighted by molar-refractivity contribution is 9.10. The lowest BCUT2D eigenvalue weighted by Crippen LogP contribution is -2.20. The Hall–Kier alpha value is -2.06. The lowest BCUT2D eigenvalue weighted by Gasteiger charge is -2.29. The van der Waals surface area contributed by atoms with Gasteiger partial charge in [0, 0.05) is 26.4 Å². The Morgan fingerprint density at radius 3 is 1.52 bits per heavy atom. The highest BCUT2D eigenvalue weighted by Crippen LogP contribution is 2.63. The molecule has 3 aromatic rings. The average Bonchev–Trinajstić information content (AvgIpc) is 3.04. The van der Waals surface area contributed by atoms with Gasteiger partial charge in [0.25, 0.3) is 0 Å². The fraction of sp³-hybridized carbons (Fsp3) is 0.280. The minimum atomic E-state index is -0.0715. The summed E-state index contributed by atoms with van der Waals surface area (Å²) in [6.45, 7) is 9.29. The van der Waals surface area contributed by atoms with Gasteiger partial charge in [0.05, 0.1) is 7.11 Å². The summed E-state index contributed by atoms with van der Waals surface area (Å²) in [5, 5.41) is 0. The van der Waals surface area contributed by atoms with E-state index in [9.17, 15) is 0 Å². The molecule has 0 aromatic heterocycles. The van der Waals surface area contributed by atoms with Crippen LogP contribution in [0, 0.1) is 0 Å². The molecule has 0 atom stereocenters. The highest BCUT2D eigenvalue weighted by Gasteiger charge is 2.47. The molecule has 0 saturated heterocycles. The van der Waals surface area contributed by atoms with Gasteiger partial charge in [0.15, 0.2) is 0 Å². The molecule has 0 heterocycles. The zero-order valence-electron chi connectivity index (χ0n) is 16.4. The van der Waals surface area contributed by atoms with E-state index in [1.165, 1.54) is 49.0 Å². The molecule has 136 valence electrons. The van der Waals surface area contributed by atoms with Crippen molar-refractivity contribution in [3.63, 3.8) is 0 Å². The maximum atomic E-state index is 6.13. The summed E-state index contributed by atoms with van der Waals surface area (Å²) in [5.41, 5.74) is 10.4. The van der Waals surface area contributed by atoms with E-state index in [-0.39, 0.29) is 10.8 Å². The maximum Gasteiger partial charge on any atom is 0.135 e. The minimum absolute atomic E-state index is 0.0715. The topological polar surface area (TPSA) is 9.23 Å². The van der Waals surface area contributed by atoms with Crippen molar-refractivity contribution in [3.05, 3.63) is 75.3 Å². The first kappa shape index (κ1) is 17.1. The molecule has 1 nitrogen and oxygen atoms in total. The van der Waals surface area contributed by atoms with Gasteiger partial charge < -0.3 is 4.74 Å². The van der Waals surface area contributed by atoms with Crippen LogP contribution in [0.4, 0.5) is 0 Å². The number of rotatable bonds is 1. The van der Waals surface area contributed by atoms with Crippen molar-refractivity contribution in [2.24, 2.45) is 0 Å². The summed E-state index contributed by atoms with van der Waals surface area (Å²) in [5.74, 6) is 1.01. The van der Waals surface area contributed by atoms with Gasteiger partial charge in [0.1, 0.15) is 5.75 Å². The van der Waals surface area contributed by atoms with Crippen LogP contribution in [0.15, 0.2) is 53.0 Å². The summed E-state index contributed by atoms with van der Waals surface area (Å²) in [7, 11) is 1.81. The van der Waals surface area contributed by atoms with E-state index in [0.717, 1.165) is 5.75 Å². The first-order chi connectivity index (χ1) is 12.8.